The van der Waals surface area contributed by atoms with E-state index in [1.807, 2.05) is 36.4 Å². The fraction of sp³-hybridized carbons (Fsp3) is 0.111. The van der Waals surface area contributed by atoms with Gasteiger partial charge in [0.05, 0.1) is 11.4 Å². The number of carbonyl (C=O) groups is 2. The molecule has 0 fully saturated rings. The molecule has 3 rings (SSSR count). The molecule has 2 amide bonds. The minimum atomic E-state index is -0.935. The standard InChI is InChI=1S/C18H17N5O2/c1-12-15(22-23(21-12)14-10-6-3-7-11-14)18(25)20-16(17(19)24)13-8-4-2-5-9-13/h2-11,16H,1H3,(H2,19,24)(H,20,25). The van der Waals surface area contributed by atoms with Crippen LogP contribution in [0, 0.1) is 6.92 Å². The number of benzene rings is 2. The molecule has 0 bridgehead atoms. The summed E-state index contributed by atoms with van der Waals surface area (Å²) < 4.78 is 0. The Kier molecular flexibility index (Phi) is 4.56. The summed E-state index contributed by atoms with van der Waals surface area (Å²) in [4.78, 5) is 25.7. The summed E-state index contributed by atoms with van der Waals surface area (Å²) in [5.74, 6) is -1.15. The fourth-order valence-electron chi connectivity index (χ4n) is 2.43. The van der Waals surface area contributed by atoms with Crippen LogP contribution in [-0.2, 0) is 4.79 Å². The SMILES string of the molecule is Cc1nn(-c2ccccc2)nc1C(=O)NC(C(N)=O)c1ccccc1. The van der Waals surface area contributed by atoms with Gasteiger partial charge in [0, 0.05) is 0 Å². The van der Waals surface area contributed by atoms with Crippen LogP contribution in [0.25, 0.3) is 5.69 Å². The zero-order valence-electron chi connectivity index (χ0n) is 13.6. The number of nitrogens with zero attached hydrogens (tertiary/aromatic N) is 3. The zero-order chi connectivity index (χ0) is 17.8. The first-order valence-electron chi connectivity index (χ1n) is 7.71. The van der Waals surface area contributed by atoms with E-state index in [0.717, 1.165) is 5.69 Å². The van der Waals surface area contributed by atoms with Gasteiger partial charge in [-0.2, -0.15) is 9.90 Å². The number of primary amides is 1. The van der Waals surface area contributed by atoms with E-state index in [0.29, 0.717) is 11.3 Å². The Balaban J connectivity index is 1.86. The van der Waals surface area contributed by atoms with Crippen LogP contribution in [-0.4, -0.2) is 26.8 Å². The number of aryl methyl sites for hydroxylation is 1. The quantitative estimate of drug-likeness (QED) is 0.738. The van der Waals surface area contributed by atoms with E-state index in [-0.39, 0.29) is 5.69 Å². The maximum atomic E-state index is 12.6. The molecule has 1 aromatic heterocycles. The molecule has 2 aromatic carbocycles. The molecule has 1 heterocycles. The van der Waals surface area contributed by atoms with E-state index in [9.17, 15) is 9.59 Å². The van der Waals surface area contributed by atoms with Gasteiger partial charge in [-0.1, -0.05) is 48.5 Å². The predicted octanol–water partition coefficient (Wildman–Crippen LogP) is 1.53. The van der Waals surface area contributed by atoms with Gasteiger partial charge in [-0.05, 0) is 24.6 Å². The molecular weight excluding hydrogens is 318 g/mol. The van der Waals surface area contributed by atoms with Gasteiger partial charge in [0.25, 0.3) is 5.91 Å². The van der Waals surface area contributed by atoms with Gasteiger partial charge in [-0.15, -0.1) is 5.10 Å². The summed E-state index contributed by atoms with van der Waals surface area (Å²) in [5.41, 5.74) is 7.38. The van der Waals surface area contributed by atoms with Gasteiger partial charge < -0.3 is 11.1 Å². The second-order valence-electron chi connectivity index (χ2n) is 5.48. The van der Waals surface area contributed by atoms with Crippen LogP contribution >= 0.6 is 0 Å². The van der Waals surface area contributed by atoms with Crippen molar-refractivity contribution >= 4 is 11.8 Å². The average molecular weight is 335 g/mol. The maximum absolute atomic E-state index is 12.6. The molecule has 25 heavy (non-hydrogen) atoms. The number of aromatic nitrogens is 3. The third-order valence-corrected chi connectivity index (χ3v) is 3.68. The summed E-state index contributed by atoms with van der Waals surface area (Å²) in [7, 11) is 0. The van der Waals surface area contributed by atoms with Crippen molar-refractivity contribution in [1.82, 2.24) is 20.3 Å². The number of hydrogen-bond donors (Lipinski definition) is 2. The molecule has 126 valence electrons. The summed E-state index contributed by atoms with van der Waals surface area (Å²) >= 11 is 0. The Hall–Kier alpha value is -3.48. The van der Waals surface area contributed by atoms with Crippen molar-refractivity contribution in [1.29, 1.82) is 0 Å². The van der Waals surface area contributed by atoms with Crippen LogP contribution in [0.5, 0.6) is 0 Å². The molecule has 0 spiro atoms. The van der Waals surface area contributed by atoms with E-state index in [2.05, 4.69) is 15.5 Å². The number of nitrogens with two attached hydrogens (primary N) is 1. The van der Waals surface area contributed by atoms with Gasteiger partial charge in [0.15, 0.2) is 5.69 Å². The maximum Gasteiger partial charge on any atom is 0.274 e. The topological polar surface area (TPSA) is 103 Å². The van der Waals surface area contributed by atoms with Crippen LogP contribution in [0.2, 0.25) is 0 Å². The van der Waals surface area contributed by atoms with E-state index in [1.54, 1.807) is 31.2 Å². The minimum Gasteiger partial charge on any atom is -0.368 e. The molecule has 7 nitrogen and oxygen atoms in total. The van der Waals surface area contributed by atoms with Crippen molar-refractivity contribution in [3.05, 3.63) is 77.6 Å². The van der Waals surface area contributed by atoms with Gasteiger partial charge in [-0.25, -0.2) is 0 Å². The third-order valence-electron chi connectivity index (χ3n) is 3.68. The molecule has 0 saturated carbocycles. The van der Waals surface area contributed by atoms with Crippen LogP contribution in [0.3, 0.4) is 0 Å². The van der Waals surface area contributed by atoms with E-state index in [4.69, 9.17) is 5.73 Å². The molecule has 0 aliphatic carbocycles. The minimum absolute atomic E-state index is 0.144. The average Bonchev–Trinajstić information content (AvgIpc) is 3.02. The molecular formula is C18H17N5O2. The lowest BCUT2D eigenvalue weighted by atomic mass is 10.1. The largest absolute Gasteiger partial charge is 0.368 e. The number of hydrogen-bond acceptors (Lipinski definition) is 4. The molecule has 0 saturated heterocycles. The van der Waals surface area contributed by atoms with Crippen molar-refractivity contribution in [2.45, 2.75) is 13.0 Å². The molecule has 1 unspecified atom stereocenters. The highest BCUT2D eigenvalue weighted by atomic mass is 16.2. The number of para-hydroxylation sites is 1. The fourth-order valence-corrected chi connectivity index (χ4v) is 2.43. The Morgan fingerprint density at radius 1 is 1.00 bits per heavy atom. The normalized spacial score (nSPS) is 11.7. The Morgan fingerprint density at radius 3 is 2.20 bits per heavy atom. The monoisotopic (exact) mass is 335 g/mol. The molecule has 7 heteroatoms. The molecule has 3 N–H and O–H groups in total. The third kappa shape index (κ3) is 3.55. The van der Waals surface area contributed by atoms with Crippen molar-refractivity contribution in [3.63, 3.8) is 0 Å². The van der Waals surface area contributed by atoms with Gasteiger partial charge in [0.2, 0.25) is 5.91 Å². The van der Waals surface area contributed by atoms with E-state index < -0.39 is 17.9 Å². The van der Waals surface area contributed by atoms with Crippen molar-refractivity contribution in [2.24, 2.45) is 5.73 Å². The van der Waals surface area contributed by atoms with Crippen molar-refractivity contribution < 1.29 is 9.59 Å². The highest BCUT2D eigenvalue weighted by molar-refractivity contribution is 5.96. The van der Waals surface area contributed by atoms with Crippen LogP contribution in [0.1, 0.15) is 27.8 Å². The smallest absolute Gasteiger partial charge is 0.274 e. The lowest BCUT2D eigenvalue weighted by Gasteiger charge is -2.15. The van der Waals surface area contributed by atoms with E-state index >= 15 is 0 Å². The van der Waals surface area contributed by atoms with Crippen LogP contribution < -0.4 is 11.1 Å². The number of amides is 2. The zero-order valence-corrected chi connectivity index (χ0v) is 13.6. The molecule has 1 atom stereocenters. The number of rotatable bonds is 5. The van der Waals surface area contributed by atoms with Crippen molar-refractivity contribution in [2.75, 3.05) is 0 Å². The second-order valence-corrected chi connectivity index (χ2v) is 5.48. The number of nitrogens with one attached hydrogen (secondary N) is 1. The molecule has 3 aromatic rings. The van der Waals surface area contributed by atoms with Gasteiger partial charge in [-0.3, -0.25) is 9.59 Å². The second kappa shape index (κ2) is 6.96. The predicted molar refractivity (Wildman–Crippen MR) is 91.9 cm³/mol. The Morgan fingerprint density at radius 2 is 1.60 bits per heavy atom. The van der Waals surface area contributed by atoms with Crippen LogP contribution in [0.4, 0.5) is 0 Å². The first-order valence-corrected chi connectivity index (χ1v) is 7.71. The summed E-state index contributed by atoms with van der Waals surface area (Å²) in [6.07, 6.45) is 0. The molecule has 0 radical (unpaired) electrons. The summed E-state index contributed by atoms with van der Waals surface area (Å²) in [5, 5.41) is 11.1. The van der Waals surface area contributed by atoms with Gasteiger partial charge >= 0.3 is 0 Å². The first-order chi connectivity index (χ1) is 12.1. The Bertz CT molecular complexity index is 890. The van der Waals surface area contributed by atoms with Gasteiger partial charge in [0.1, 0.15) is 6.04 Å². The van der Waals surface area contributed by atoms with Crippen molar-refractivity contribution in [3.8, 4) is 5.69 Å². The lowest BCUT2D eigenvalue weighted by molar-refractivity contribution is -0.120. The molecule has 0 aliphatic heterocycles. The lowest BCUT2D eigenvalue weighted by Crippen LogP contribution is -2.37. The first kappa shape index (κ1) is 16.4. The highest BCUT2D eigenvalue weighted by Gasteiger charge is 2.24. The number of carbonyl (C=O) groups excluding carboxylic acids is 2. The molecule has 0 aliphatic rings. The van der Waals surface area contributed by atoms with E-state index in [1.165, 1.54) is 4.80 Å². The highest BCUT2D eigenvalue weighted by Crippen LogP contribution is 2.14. The summed E-state index contributed by atoms with van der Waals surface area (Å²) in [6, 6.07) is 17.1. The Labute approximate surface area is 144 Å². The van der Waals surface area contributed by atoms with Crippen LogP contribution in [0.15, 0.2) is 60.7 Å². The summed E-state index contributed by atoms with van der Waals surface area (Å²) in [6.45, 7) is 1.68.